The fourth-order valence-electron chi connectivity index (χ4n) is 2.09. The third-order valence-corrected chi connectivity index (χ3v) is 3.11. The summed E-state index contributed by atoms with van der Waals surface area (Å²) in [7, 11) is 0. The van der Waals surface area contributed by atoms with E-state index in [1.807, 2.05) is 24.3 Å². The fraction of sp³-hybridized carbons (Fsp3) is 0. The molecule has 0 radical (unpaired) electrons. The lowest BCUT2D eigenvalue weighted by molar-refractivity contribution is 0.102. The highest BCUT2D eigenvalue weighted by Gasteiger charge is 2.07. The number of pyridine rings is 1. The van der Waals surface area contributed by atoms with Gasteiger partial charge in [0.2, 0.25) is 0 Å². The summed E-state index contributed by atoms with van der Waals surface area (Å²) < 4.78 is 0. The van der Waals surface area contributed by atoms with Crippen LogP contribution in [0.4, 0.5) is 5.69 Å². The molecule has 1 N–H and O–H groups in total. The SMILES string of the molecule is N#Cc1cccc(NC(=O)c2ccc3ncccc3c2)c1. The van der Waals surface area contributed by atoms with Crippen molar-refractivity contribution >= 4 is 22.5 Å². The largest absolute Gasteiger partial charge is 0.322 e. The second kappa shape index (κ2) is 5.43. The predicted molar refractivity (Wildman–Crippen MR) is 80.9 cm³/mol. The number of nitrogens with zero attached hydrogens (tertiary/aromatic N) is 2. The topological polar surface area (TPSA) is 65.8 Å². The lowest BCUT2D eigenvalue weighted by Gasteiger charge is -2.06. The molecular formula is C17H11N3O. The number of anilines is 1. The number of aromatic nitrogens is 1. The number of rotatable bonds is 2. The van der Waals surface area contributed by atoms with Crippen molar-refractivity contribution in [2.24, 2.45) is 0 Å². The van der Waals surface area contributed by atoms with Crippen molar-refractivity contribution in [1.29, 1.82) is 5.26 Å². The minimum Gasteiger partial charge on any atom is -0.322 e. The number of amides is 1. The Kier molecular flexibility index (Phi) is 3.32. The number of carbonyl (C=O) groups excluding carboxylic acids is 1. The molecule has 0 aliphatic carbocycles. The molecule has 3 aromatic rings. The van der Waals surface area contributed by atoms with Crippen molar-refractivity contribution in [2.75, 3.05) is 5.32 Å². The molecule has 0 unspecified atom stereocenters. The van der Waals surface area contributed by atoms with Gasteiger partial charge in [0.15, 0.2) is 0 Å². The Bertz CT molecular complexity index is 865. The normalized spacial score (nSPS) is 10.0. The maximum absolute atomic E-state index is 12.2. The van der Waals surface area contributed by atoms with E-state index in [1.165, 1.54) is 0 Å². The summed E-state index contributed by atoms with van der Waals surface area (Å²) in [6.45, 7) is 0. The first-order valence-corrected chi connectivity index (χ1v) is 6.42. The van der Waals surface area contributed by atoms with E-state index in [-0.39, 0.29) is 5.91 Å². The Morgan fingerprint density at radius 3 is 2.86 bits per heavy atom. The van der Waals surface area contributed by atoms with Crippen LogP contribution in [-0.2, 0) is 0 Å². The van der Waals surface area contributed by atoms with Crippen molar-refractivity contribution < 1.29 is 4.79 Å². The second-order valence-corrected chi connectivity index (χ2v) is 4.56. The van der Waals surface area contributed by atoms with Crippen molar-refractivity contribution in [3.63, 3.8) is 0 Å². The molecule has 0 spiro atoms. The van der Waals surface area contributed by atoms with Crippen molar-refractivity contribution in [2.45, 2.75) is 0 Å². The van der Waals surface area contributed by atoms with Gasteiger partial charge in [-0.1, -0.05) is 12.1 Å². The molecule has 0 aliphatic rings. The smallest absolute Gasteiger partial charge is 0.255 e. The molecule has 1 heterocycles. The molecule has 4 heteroatoms. The van der Waals surface area contributed by atoms with Crippen LogP contribution >= 0.6 is 0 Å². The third-order valence-electron chi connectivity index (χ3n) is 3.11. The highest BCUT2D eigenvalue weighted by atomic mass is 16.1. The van der Waals surface area contributed by atoms with Gasteiger partial charge in [0.05, 0.1) is 17.1 Å². The zero-order valence-electron chi connectivity index (χ0n) is 11.1. The Morgan fingerprint density at radius 1 is 1.10 bits per heavy atom. The van der Waals surface area contributed by atoms with Crippen LogP contribution in [0.15, 0.2) is 60.8 Å². The van der Waals surface area contributed by atoms with Crippen LogP contribution in [0.3, 0.4) is 0 Å². The molecule has 0 saturated carbocycles. The highest BCUT2D eigenvalue weighted by Crippen LogP contribution is 2.16. The molecule has 1 amide bonds. The van der Waals surface area contributed by atoms with Crippen LogP contribution in [0.1, 0.15) is 15.9 Å². The van der Waals surface area contributed by atoms with Crippen LogP contribution in [0.25, 0.3) is 10.9 Å². The molecule has 4 nitrogen and oxygen atoms in total. The summed E-state index contributed by atoms with van der Waals surface area (Å²) in [6, 6.07) is 18.0. The number of hydrogen-bond acceptors (Lipinski definition) is 3. The van der Waals surface area contributed by atoms with Gasteiger partial charge in [-0.15, -0.1) is 0 Å². The maximum Gasteiger partial charge on any atom is 0.255 e. The minimum absolute atomic E-state index is 0.212. The molecule has 0 saturated heterocycles. The molecule has 0 fully saturated rings. The molecule has 21 heavy (non-hydrogen) atoms. The van der Waals surface area contributed by atoms with Crippen LogP contribution < -0.4 is 5.32 Å². The van der Waals surface area contributed by atoms with Gasteiger partial charge in [0, 0.05) is 22.8 Å². The van der Waals surface area contributed by atoms with E-state index in [4.69, 9.17) is 5.26 Å². The summed E-state index contributed by atoms with van der Waals surface area (Å²) >= 11 is 0. The maximum atomic E-state index is 12.2. The third kappa shape index (κ3) is 2.72. The Morgan fingerprint density at radius 2 is 2.00 bits per heavy atom. The Labute approximate surface area is 121 Å². The number of hydrogen-bond donors (Lipinski definition) is 1. The van der Waals surface area contributed by atoms with E-state index in [9.17, 15) is 4.79 Å². The first-order valence-electron chi connectivity index (χ1n) is 6.42. The number of nitrogens with one attached hydrogen (secondary N) is 1. The minimum atomic E-state index is -0.212. The molecule has 1 aromatic heterocycles. The quantitative estimate of drug-likeness (QED) is 0.778. The van der Waals surface area contributed by atoms with Gasteiger partial charge in [-0.3, -0.25) is 9.78 Å². The van der Waals surface area contributed by atoms with E-state index >= 15 is 0 Å². The summed E-state index contributed by atoms with van der Waals surface area (Å²) in [6.07, 6.45) is 1.72. The van der Waals surface area contributed by atoms with Gasteiger partial charge in [-0.2, -0.15) is 5.26 Å². The van der Waals surface area contributed by atoms with Crippen molar-refractivity contribution in [3.05, 3.63) is 71.9 Å². The van der Waals surface area contributed by atoms with Gasteiger partial charge in [-0.25, -0.2) is 0 Å². The monoisotopic (exact) mass is 273 g/mol. The predicted octanol–water partition coefficient (Wildman–Crippen LogP) is 3.36. The highest BCUT2D eigenvalue weighted by molar-refractivity contribution is 6.06. The molecule has 0 bridgehead atoms. The fourth-order valence-corrected chi connectivity index (χ4v) is 2.09. The van der Waals surface area contributed by atoms with E-state index in [1.54, 1.807) is 42.6 Å². The van der Waals surface area contributed by atoms with Crippen LogP contribution in [0, 0.1) is 11.3 Å². The first-order chi connectivity index (χ1) is 10.3. The lowest BCUT2D eigenvalue weighted by atomic mass is 10.1. The van der Waals surface area contributed by atoms with E-state index in [0.29, 0.717) is 16.8 Å². The summed E-state index contributed by atoms with van der Waals surface area (Å²) in [5, 5.41) is 12.6. The molecule has 0 atom stereocenters. The van der Waals surface area contributed by atoms with E-state index in [0.717, 1.165) is 10.9 Å². The molecule has 0 aliphatic heterocycles. The average molecular weight is 273 g/mol. The molecule has 3 rings (SSSR count). The van der Waals surface area contributed by atoms with Crippen molar-refractivity contribution in [3.8, 4) is 6.07 Å². The molecular weight excluding hydrogens is 262 g/mol. The summed E-state index contributed by atoms with van der Waals surface area (Å²) in [5.41, 5.74) is 2.51. The van der Waals surface area contributed by atoms with Gasteiger partial charge >= 0.3 is 0 Å². The van der Waals surface area contributed by atoms with Crippen LogP contribution in [0.2, 0.25) is 0 Å². The Hall–Kier alpha value is -3.19. The van der Waals surface area contributed by atoms with E-state index in [2.05, 4.69) is 10.3 Å². The molecule has 2 aromatic carbocycles. The number of carbonyl (C=O) groups is 1. The van der Waals surface area contributed by atoms with Gasteiger partial charge in [-0.05, 0) is 42.5 Å². The number of nitriles is 1. The average Bonchev–Trinajstić information content (AvgIpc) is 2.54. The lowest BCUT2D eigenvalue weighted by Crippen LogP contribution is -2.11. The van der Waals surface area contributed by atoms with Gasteiger partial charge < -0.3 is 5.32 Å². The summed E-state index contributed by atoms with van der Waals surface area (Å²) in [5.74, 6) is -0.212. The van der Waals surface area contributed by atoms with Gasteiger partial charge in [0.25, 0.3) is 5.91 Å². The van der Waals surface area contributed by atoms with Crippen LogP contribution in [0.5, 0.6) is 0 Å². The summed E-state index contributed by atoms with van der Waals surface area (Å²) in [4.78, 5) is 16.5. The number of benzene rings is 2. The first kappa shape index (κ1) is 12.8. The number of fused-ring (bicyclic) bond motifs is 1. The van der Waals surface area contributed by atoms with Crippen molar-refractivity contribution in [1.82, 2.24) is 4.98 Å². The second-order valence-electron chi connectivity index (χ2n) is 4.56. The zero-order valence-corrected chi connectivity index (χ0v) is 11.1. The van der Waals surface area contributed by atoms with E-state index < -0.39 is 0 Å². The van der Waals surface area contributed by atoms with Gasteiger partial charge in [0.1, 0.15) is 0 Å². The zero-order chi connectivity index (χ0) is 14.7. The Balaban J connectivity index is 1.88. The standard InChI is InChI=1S/C17H11N3O/c18-11-12-3-1-5-15(9-12)20-17(21)14-6-7-16-13(10-14)4-2-8-19-16/h1-10H,(H,20,21). The molecule has 100 valence electrons. The van der Waals surface area contributed by atoms with Crippen LogP contribution in [-0.4, -0.2) is 10.9 Å².